The lowest BCUT2D eigenvalue weighted by molar-refractivity contribution is 1.10. The molecular formula is C7H7N5. The van der Waals surface area contributed by atoms with Crippen LogP contribution >= 0.6 is 0 Å². The molecule has 5 heteroatoms. The van der Waals surface area contributed by atoms with Crippen LogP contribution in [0, 0.1) is 0 Å². The summed E-state index contributed by atoms with van der Waals surface area (Å²) in [6, 6.07) is 1.78. The zero-order valence-electron chi connectivity index (χ0n) is 6.23. The molecule has 0 spiro atoms. The van der Waals surface area contributed by atoms with Gasteiger partial charge in [-0.2, -0.15) is 5.10 Å². The summed E-state index contributed by atoms with van der Waals surface area (Å²) in [4.78, 5) is 7.83. The molecule has 2 heterocycles. The van der Waals surface area contributed by atoms with E-state index in [1.807, 2.05) is 0 Å². The molecule has 0 aliphatic heterocycles. The maximum Gasteiger partial charge on any atom is 0.128 e. The first kappa shape index (κ1) is 6.78. The summed E-state index contributed by atoms with van der Waals surface area (Å²) in [5, 5.41) is 6.42. The molecule has 0 aliphatic carbocycles. The number of nitrogens with one attached hydrogen (secondary N) is 1. The van der Waals surface area contributed by atoms with E-state index in [9.17, 15) is 0 Å². The molecule has 2 rings (SSSR count). The van der Waals surface area contributed by atoms with E-state index >= 15 is 0 Å². The summed E-state index contributed by atoms with van der Waals surface area (Å²) < 4.78 is 0. The van der Waals surface area contributed by atoms with Crippen molar-refractivity contribution in [1.29, 1.82) is 0 Å². The zero-order chi connectivity index (χ0) is 8.39. The highest BCUT2D eigenvalue weighted by molar-refractivity contribution is 5.69. The summed E-state index contributed by atoms with van der Waals surface area (Å²) in [5.74, 6) is 0.522. The Balaban J connectivity index is 2.51. The van der Waals surface area contributed by atoms with Crippen molar-refractivity contribution in [2.24, 2.45) is 0 Å². The summed E-state index contributed by atoms with van der Waals surface area (Å²) in [6.45, 7) is 0. The smallest absolute Gasteiger partial charge is 0.128 e. The monoisotopic (exact) mass is 161 g/mol. The fourth-order valence-electron chi connectivity index (χ4n) is 0.950. The average molecular weight is 161 g/mol. The third-order valence-corrected chi connectivity index (χ3v) is 1.53. The van der Waals surface area contributed by atoms with Crippen molar-refractivity contribution in [2.75, 3.05) is 5.73 Å². The maximum atomic E-state index is 5.59. The van der Waals surface area contributed by atoms with Crippen LogP contribution in [-0.2, 0) is 0 Å². The van der Waals surface area contributed by atoms with Crippen molar-refractivity contribution in [2.45, 2.75) is 0 Å². The molecule has 0 amide bonds. The van der Waals surface area contributed by atoms with E-state index in [0.717, 1.165) is 11.3 Å². The van der Waals surface area contributed by atoms with Crippen LogP contribution in [-0.4, -0.2) is 20.2 Å². The van der Waals surface area contributed by atoms with Gasteiger partial charge in [0.25, 0.3) is 0 Å². The Bertz CT molecular complexity index is 366. The molecule has 2 aromatic rings. The van der Waals surface area contributed by atoms with Crippen LogP contribution in [0.25, 0.3) is 11.3 Å². The molecule has 0 fully saturated rings. The highest BCUT2D eigenvalue weighted by Crippen LogP contribution is 2.19. The van der Waals surface area contributed by atoms with Crippen LogP contribution in [0.15, 0.2) is 24.8 Å². The van der Waals surface area contributed by atoms with Crippen molar-refractivity contribution >= 4 is 5.82 Å². The van der Waals surface area contributed by atoms with Gasteiger partial charge in [0, 0.05) is 6.20 Å². The molecular weight excluding hydrogens is 154 g/mol. The number of aromatic amines is 1. The van der Waals surface area contributed by atoms with Gasteiger partial charge in [-0.1, -0.05) is 0 Å². The molecule has 60 valence electrons. The molecule has 0 aliphatic rings. The van der Waals surface area contributed by atoms with Gasteiger partial charge in [0.1, 0.15) is 12.1 Å². The van der Waals surface area contributed by atoms with E-state index < -0.39 is 0 Å². The second-order valence-corrected chi connectivity index (χ2v) is 2.29. The lowest BCUT2D eigenvalue weighted by Crippen LogP contribution is -1.89. The van der Waals surface area contributed by atoms with E-state index in [1.54, 1.807) is 18.5 Å². The fraction of sp³-hybridized carbons (Fsp3) is 0. The topological polar surface area (TPSA) is 80.5 Å². The Kier molecular flexibility index (Phi) is 1.48. The van der Waals surface area contributed by atoms with Gasteiger partial charge in [-0.05, 0) is 6.07 Å². The van der Waals surface area contributed by atoms with Gasteiger partial charge in [0.05, 0.1) is 17.5 Å². The normalized spacial score (nSPS) is 10.0. The van der Waals surface area contributed by atoms with Crippen molar-refractivity contribution in [3.63, 3.8) is 0 Å². The van der Waals surface area contributed by atoms with Crippen molar-refractivity contribution in [3.05, 3.63) is 24.8 Å². The fourth-order valence-corrected chi connectivity index (χ4v) is 0.950. The van der Waals surface area contributed by atoms with Crippen LogP contribution in [0.4, 0.5) is 5.82 Å². The van der Waals surface area contributed by atoms with Crippen LogP contribution in [0.5, 0.6) is 0 Å². The molecule has 3 N–H and O–H groups in total. The lowest BCUT2D eigenvalue weighted by atomic mass is 10.2. The van der Waals surface area contributed by atoms with Crippen LogP contribution in [0.2, 0.25) is 0 Å². The number of hydrogen-bond donors (Lipinski definition) is 2. The minimum absolute atomic E-state index is 0.522. The Morgan fingerprint density at radius 1 is 1.42 bits per heavy atom. The minimum Gasteiger partial charge on any atom is -0.384 e. The molecule has 0 bridgehead atoms. The first-order valence-corrected chi connectivity index (χ1v) is 3.43. The number of hydrogen-bond acceptors (Lipinski definition) is 4. The second-order valence-electron chi connectivity index (χ2n) is 2.29. The summed E-state index contributed by atoms with van der Waals surface area (Å²) in [7, 11) is 0. The summed E-state index contributed by atoms with van der Waals surface area (Å²) in [5.41, 5.74) is 7.17. The Hall–Kier alpha value is -1.91. The molecule has 2 aromatic heterocycles. The third kappa shape index (κ3) is 1.01. The van der Waals surface area contributed by atoms with Crippen LogP contribution in [0.3, 0.4) is 0 Å². The molecule has 0 unspecified atom stereocenters. The Morgan fingerprint density at radius 2 is 2.33 bits per heavy atom. The van der Waals surface area contributed by atoms with Gasteiger partial charge in [0.15, 0.2) is 0 Å². The first-order chi connectivity index (χ1) is 5.88. The largest absolute Gasteiger partial charge is 0.384 e. The lowest BCUT2D eigenvalue weighted by Gasteiger charge is -1.94. The van der Waals surface area contributed by atoms with Crippen molar-refractivity contribution < 1.29 is 0 Å². The van der Waals surface area contributed by atoms with E-state index in [2.05, 4.69) is 20.2 Å². The van der Waals surface area contributed by atoms with Gasteiger partial charge in [-0.25, -0.2) is 9.97 Å². The van der Waals surface area contributed by atoms with Gasteiger partial charge in [-0.3, -0.25) is 5.10 Å². The zero-order valence-corrected chi connectivity index (χ0v) is 6.23. The predicted molar refractivity (Wildman–Crippen MR) is 44.0 cm³/mol. The van der Waals surface area contributed by atoms with Crippen molar-refractivity contribution in [3.8, 4) is 11.3 Å². The second kappa shape index (κ2) is 2.61. The van der Waals surface area contributed by atoms with Crippen LogP contribution < -0.4 is 5.73 Å². The third-order valence-electron chi connectivity index (χ3n) is 1.53. The minimum atomic E-state index is 0.522. The van der Waals surface area contributed by atoms with Crippen LogP contribution in [0.1, 0.15) is 0 Å². The number of aromatic nitrogens is 4. The molecule has 0 aromatic carbocycles. The molecule has 0 radical (unpaired) electrons. The van der Waals surface area contributed by atoms with Gasteiger partial charge in [0.2, 0.25) is 0 Å². The van der Waals surface area contributed by atoms with E-state index in [0.29, 0.717) is 5.82 Å². The highest BCUT2D eigenvalue weighted by Gasteiger charge is 2.03. The number of rotatable bonds is 1. The van der Waals surface area contributed by atoms with E-state index in [4.69, 9.17) is 5.73 Å². The SMILES string of the molecule is Nc1[nH]ncc1-c1ccncn1. The number of nitrogens with two attached hydrogens (primary N) is 1. The highest BCUT2D eigenvalue weighted by atomic mass is 15.1. The quantitative estimate of drug-likeness (QED) is 0.636. The van der Waals surface area contributed by atoms with Crippen molar-refractivity contribution in [1.82, 2.24) is 20.2 Å². The van der Waals surface area contributed by atoms with E-state index in [1.165, 1.54) is 6.33 Å². The Morgan fingerprint density at radius 3 is 2.92 bits per heavy atom. The number of anilines is 1. The summed E-state index contributed by atoms with van der Waals surface area (Å²) in [6.07, 6.45) is 4.77. The Labute approximate surface area is 68.7 Å². The molecule has 0 saturated carbocycles. The molecule has 0 atom stereocenters. The molecule has 12 heavy (non-hydrogen) atoms. The molecule has 0 saturated heterocycles. The maximum absolute atomic E-state index is 5.59. The summed E-state index contributed by atoms with van der Waals surface area (Å²) >= 11 is 0. The average Bonchev–Trinajstić information content (AvgIpc) is 2.53. The van der Waals surface area contributed by atoms with E-state index in [-0.39, 0.29) is 0 Å². The molecule has 5 nitrogen and oxygen atoms in total. The standard InChI is InChI=1S/C7H7N5/c8-7-5(3-11-12-7)6-1-2-9-4-10-6/h1-4H,(H3,8,11,12). The van der Waals surface area contributed by atoms with Gasteiger partial charge < -0.3 is 5.73 Å². The van der Waals surface area contributed by atoms with Gasteiger partial charge >= 0.3 is 0 Å². The van der Waals surface area contributed by atoms with Gasteiger partial charge in [-0.15, -0.1) is 0 Å². The first-order valence-electron chi connectivity index (χ1n) is 3.43. The number of H-pyrrole nitrogens is 1. The number of nitrogens with zero attached hydrogens (tertiary/aromatic N) is 3. The predicted octanol–water partition coefficient (Wildman–Crippen LogP) is 0.449. The number of nitrogen functional groups attached to an aromatic ring is 1.